The summed E-state index contributed by atoms with van der Waals surface area (Å²) in [5.74, 6) is 0.218. The van der Waals surface area contributed by atoms with E-state index >= 15 is 0 Å². The number of aliphatic hydroxyl groups excluding tert-OH is 1. The molecule has 0 aliphatic heterocycles. The van der Waals surface area contributed by atoms with Gasteiger partial charge in [-0.15, -0.1) is 0 Å². The monoisotopic (exact) mass is 276 g/mol. The minimum atomic E-state index is -0.428. The van der Waals surface area contributed by atoms with Crippen molar-refractivity contribution in [2.45, 2.75) is 50.5 Å². The van der Waals surface area contributed by atoms with E-state index in [0.29, 0.717) is 18.6 Å². The van der Waals surface area contributed by atoms with Crippen LogP contribution in [0.1, 0.15) is 44.6 Å². The maximum absolute atomic E-state index is 13.2. The van der Waals surface area contributed by atoms with Gasteiger partial charge in [0.2, 0.25) is 0 Å². The third-order valence-corrected chi connectivity index (χ3v) is 5.53. The predicted molar refractivity (Wildman–Crippen MR) is 74.8 cm³/mol. The molecule has 2 aliphatic carbocycles. The van der Waals surface area contributed by atoms with Gasteiger partial charge in [-0.25, -0.2) is 4.39 Å². The number of hydrogen-bond donors (Lipinski definition) is 1. The van der Waals surface area contributed by atoms with E-state index in [0.717, 1.165) is 24.8 Å². The van der Waals surface area contributed by atoms with E-state index in [4.69, 9.17) is 0 Å². The van der Waals surface area contributed by atoms with Crippen LogP contribution in [0.2, 0.25) is 0 Å². The number of benzene rings is 1. The number of rotatable bonds is 1. The lowest BCUT2D eigenvalue weighted by Crippen LogP contribution is -2.55. The Morgan fingerprint density at radius 1 is 1.25 bits per heavy atom. The van der Waals surface area contributed by atoms with Crippen LogP contribution in [0.4, 0.5) is 4.39 Å². The van der Waals surface area contributed by atoms with Gasteiger partial charge in [-0.1, -0.05) is 25.5 Å². The van der Waals surface area contributed by atoms with Gasteiger partial charge >= 0.3 is 0 Å². The van der Waals surface area contributed by atoms with Gasteiger partial charge in [-0.2, -0.15) is 0 Å². The van der Waals surface area contributed by atoms with Gasteiger partial charge < -0.3 is 5.11 Å². The number of aliphatic hydroxyl groups is 1. The molecule has 0 bridgehead atoms. The topological polar surface area (TPSA) is 37.3 Å². The van der Waals surface area contributed by atoms with Gasteiger partial charge in [-0.3, -0.25) is 4.79 Å². The molecule has 1 N–H and O–H groups in total. The summed E-state index contributed by atoms with van der Waals surface area (Å²) < 4.78 is 13.2. The van der Waals surface area contributed by atoms with Crippen LogP contribution in [0, 0.1) is 17.7 Å². The molecule has 1 aromatic carbocycles. The number of carbonyl (C=O) groups is 1. The van der Waals surface area contributed by atoms with Gasteiger partial charge in [0.1, 0.15) is 11.6 Å². The third-order valence-electron chi connectivity index (χ3n) is 5.53. The molecule has 108 valence electrons. The van der Waals surface area contributed by atoms with Crippen LogP contribution >= 0.6 is 0 Å². The second-order valence-corrected chi connectivity index (χ2v) is 6.36. The Morgan fingerprint density at radius 3 is 2.65 bits per heavy atom. The molecule has 0 heterocycles. The smallest absolute Gasteiger partial charge is 0.136 e. The van der Waals surface area contributed by atoms with Gasteiger partial charge in [0.15, 0.2) is 0 Å². The quantitative estimate of drug-likeness (QED) is 0.855. The van der Waals surface area contributed by atoms with Gasteiger partial charge in [0, 0.05) is 17.8 Å². The highest BCUT2D eigenvalue weighted by molar-refractivity contribution is 5.82. The molecule has 0 spiro atoms. The molecular formula is C17H21FO2. The van der Waals surface area contributed by atoms with E-state index in [1.54, 1.807) is 12.1 Å². The maximum atomic E-state index is 13.2. The second-order valence-electron chi connectivity index (χ2n) is 6.36. The molecule has 0 saturated heterocycles. The highest BCUT2D eigenvalue weighted by Gasteiger charge is 2.53. The first-order chi connectivity index (χ1) is 9.55. The average molecular weight is 276 g/mol. The van der Waals surface area contributed by atoms with Crippen LogP contribution in [0.25, 0.3) is 0 Å². The highest BCUT2D eigenvalue weighted by atomic mass is 19.1. The molecule has 4 atom stereocenters. The molecule has 0 amide bonds. The summed E-state index contributed by atoms with van der Waals surface area (Å²) in [6, 6.07) is 6.51. The van der Waals surface area contributed by atoms with E-state index in [-0.39, 0.29) is 23.1 Å². The van der Waals surface area contributed by atoms with Crippen molar-refractivity contribution in [3.05, 3.63) is 35.6 Å². The number of carbonyl (C=O) groups excluding carboxylic acids is 1. The lowest BCUT2D eigenvalue weighted by atomic mass is 9.52. The Labute approximate surface area is 119 Å². The lowest BCUT2D eigenvalue weighted by Gasteiger charge is -2.53. The zero-order valence-corrected chi connectivity index (χ0v) is 11.8. The maximum Gasteiger partial charge on any atom is 0.136 e. The molecule has 2 aliphatic rings. The number of fused-ring (bicyclic) bond motifs is 1. The zero-order chi connectivity index (χ0) is 14.3. The summed E-state index contributed by atoms with van der Waals surface area (Å²) in [4.78, 5) is 12.0. The summed E-state index contributed by atoms with van der Waals surface area (Å²) in [5.41, 5.74) is 0.634. The van der Waals surface area contributed by atoms with Crippen molar-refractivity contribution >= 4 is 5.78 Å². The van der Waals surface area contributed by atoms with Crippen LogP contribution in [0.15, 0.2) is 24.3 Å². The third kappa shape index (κ3) is 1.91. The van der Waals surface area contributed by atoms with E-state index < -0.39 is 6.10 Å². The van der Waals surface area contributed by atoms with Crippen molar-refractivity contribution in [3.8, 4) is 0 Å². The van der Waals surface area contributed by atoms with Gasteiger partial charge in [-0.05, 0) is 42.9 Å². The zero-order valence-electron chi connectivity index (χ0n) is 11.8. The summed E-state index contributed by atoms with van der Waals surface area (Å²) in [6.07, 6.45) is 3.49. The highest BCUT2D eigenvalue weighted by Crippen LogP contribution is 2.53. The van der Waals surface area contributed by atoms with E-state index in [2.05, 4.69) is 0 Å². The number of Topliss-reactive ketones (excluding diaryl/α,β-unsaturated/α-hetero) is 1. The second kappa shape index (κ2) is 4.96. The largest absolute Gasteiger partial charge is 0.392 e. The first kappa shape index (κ1) is 13.7. The van der Waals surface area contributed by atoms with Crippen molar-refractivity contribution in [2.24, 2.45) is 11.8 Å². The number of ketones is 1. The Kier molecular flexibility index (Phi) is 3.41. The fraction of sp³-hybridized carbons (Fsp3) is 0.588. The average Bonchev–Trinajstić information content (AvgIpc) is 2.45. The Morgan fingerprint density at radius 2 is 1.95 bits per heavy atom. The molecule has 0 aromatic heterocycles. The summed E-state index contributed by atoms with van der Waals surface area (Å²) in [7, 11) is 0. The molecular weight excluding hydrogens is 255 g/mol. The van der Waals surface area contributed by atoms with Crippen molar-refractivity contribution in [1.29, 1.82) is 0 Å². The summed E-state index contributed by atoms with van der Waals surface area (Å²) in [6.45, 7) is 1.99. The van der Waals surface area contributed by atoms with Crippen LogP contribution in [-0.4, -0.2) is 17.0 Å². The van der Waals surface area contributed by atoms with E-state index in [1.807, 2.05) is 6.92 Å². The van der Waals surface area contributed by atoms with Gasteiger partial charge in [0.25, 0.3) is 0 Å². The standard InChI is InChI=1S/C17H21FO2/c1-11-14-3-2-4-16(20)17(14,10-9-15(11)19)12-5-7-13(18)8-6-12/h5-8,11,14,16,20H,2-4,9-10H2,1H3/t11-,14-,16-,17+/m0/s1. The van der Waals surface area contributed by atoms with Crippen molar-refractivity contribution in [2.75, 3.05) is 0 Å². The fourth-order valence-corrected chi connectivity index (χ4v) is 4.43. The fourth-order valence-electron chi connectivity index (χ4n) is 4.43. The number of halogens is 1. The van der Waals surface area contributed by atoms with Crippen LogP contribution in [-0.2, 0) is 10.2 Å². The molecule has 1 aromatic rings. The summed E-state index contributed by atoms with van der Waals surface area (Å²) >= 11 is 0. The molecule has 2 nitrogen and oxygen atoms in total. The molecule has 2 saturated carbocycles. The molecule has 2 fully saturated rings. The van der Waals surface area contributed by atoms with Crippen LogP contribution in [0.5, 0.6) is 0 Å². The van der Waals surface area contributed by atoms with Crippen LogP contribution < -0.4 is 0 Å². The van der Waals surface area contributed by atoms with Crippen molar-refractivity contribution < 1.29 is 14.3 Å². The predicted octanol–water partition coefficient (Wildman–Crippen LogP) is 3.22. The van der Waals surface area contributed by atoms with E-state index in [1.165, 1.54) is 12.1 Å². The molecule has 3 rings (SSSR count). The molecule has 0 unspecified atom stereocenters. The van der Waals surface area contributed by atoms with Gasteiger partial charge in [0.05, 0.1) is 6.10 Å². The Balaban J connectivity index is 2.08. The first-order valence-electron chi connectivity index (χ1n) is 7.52. The van der Waals surface area contributed by atoms with Crippen LogP contribution in [0.3, 0.4) is 0 Å². The van der Waals surface area contributed by atoms with Crippen molar-refractivity contribution in [1.82, 2.24) is 0 Å². The summed E-state index contributed by atoms with van der Waals surface area (Å²) in [5, 5.41) is 10.7. The minimum absolute atomic E-state index is 0.0104. The first-order valence-corrected chi connectivity index (χ1v) is 7.52. The SMILES string of the molecule is C[C@@H]1C(=O)CC[C@]2(c3ccc(F)cc3)[C@@H](O)CCC[C@@H]12. The molecule has 0 radical (unpaired) electrons. The van der Waals surface area contributed by atoms with E-state index in [9.17, 15) is 14.3 Å². The Bertz CT molecular complexity index is 510. The molecule has 3 heteroatoms. The van der Waals surface area contributed by atoms with Crippen molar-refractivity contribution in [3.63, 3.8) is 0 Å². The number of hydrogen-bond acceptors (Lipinski definition) is 2. The minimum Gasteiger partial charge on any atom is -0.392 e. The molecule has 20 heavy (non-hydrogen) atoms. The lowest BCUT2D eigenvalue weighted by molar-refractivity contribution is -0.134. The normalized spacial score (nSPS) is 37.5. The Hall–Kier alpha value is -1.22.